The van der Waals surface area contributed by atoms with Crippen LogP contribution in [0, 0.1) is 11.3 Å². The molecule has 0 atom stereocenters. The molecule has 7 nitrogen and oxygen atoms in total. The molecule has 1 aromatic heterocycles. The maximum Gasteiger partial charge on any atom is 0.230 e. The lowest BCUT2D eigenvalue weighted by Gasteiger charge is -2.12. The van der Waals surface area contributed by atoms with Crippen LogP contribution in [0.3, 0.4) is 0 Å². The number of anilines is 1. The summed E-state index contributed by atoms with van der Waals surface area (Å²) in [5.41, 5.74) is 3.62. The Balaban J connectivity index is 1.58. The van der Waals surface area contributed by atoms with Crippen molar-refractivity contribution in [2.45, 2.75) is 25.7 Å². The zero-order valence-electron chi connectivity index (χ0n) is 17.6. The van der Waals surface area contributed by atoms with Gasteiger partial charge in [-0.3, -0.25) is 9.78 Å². The number of nitrogens with zero attached hydrogens (tertiary/aromatic N) is 3. The summed E-state index contributed by atoms with van der Waals surface area (Å²) >= 11 is 0. The molecule has 158 valence electrons. The van der Waals surface area contributed by atoms with E-state index in [1.54, 1.807) is 14.2 Å². The molecular formula is C24H24N4O3. The van der Waals surface area contributed by atoms with Gasteiger partial charge in [0.1, 0.15) is 17.6 Å². The van der Waals surface area contributed by atoms with E-state index in [0.717, 1.165) is 30.6 Å². The van der Waals surface area contributed by atoms with Crippen LogP contribution in [0.1, 0.15) is 28.9 Å². The molecule has 3 rings (SSSR count). The average Bonchev–Trinajstić information content (AvgIpc) is 2.80. The van der Waals surface area contributed by atoms with E-state index in [2.05, 4.69) is 21.4 Å². The van der Waals surface area contributed by atoms with Crippen LogP contribution in [0.15, 0.2) is 54.9 Å². The number of methoxy groups -OCH3 is 2. The Morgan fingerprint density at radius 3 is 2.55 bits per heavy atom. The van der Waals surface area contributed by atoms with Crippen LogP contribution in [0.5, 0.6) is 11.5 Å². The van der Waals surface area contributed by atoms with Gasteiger partial charge in [0.25, 0.3) is 0 Å². The van der Waals surface area contributed by atoms with Crippen molar-refractivity contribution in [3.8, 4) is 17.6 Å². The lowest BCUT2D eigenvalue weighted by Crippen LogP contribution is -2.16. The molecule has 1 amide bonds. The number of aromatic nitrogens is 2. The van der Waals surface area contributed by atoms with Crippen LogP contribution < -0.4 is 14.8 Å². The highest BCUT2D eigenvalue weighted by atomic mass is 16.5. The third-order valence-corrected chi connectivity index (χ3v) is 4.81. The second kappa shape index (κ2) is 10.7. The quantitative estimate of drug-likeness (QED) is 0.571. The second-order valence-electron chi connectivity index (χ2n) is 6.93. The van der Waals surface area contributed by atoms with E-state index in [4.69, 9.17) is 14.7 Å². The first-order valence-corrected chi connectivity index (χ1v) is 9.92. The summed E-state index contributed by atoms with van der Waals surface area (Å²) in [7, 11) is 3.26. The molecule has 7 heteroatoms. The van der Waals surface area contributed by atoms with Gasteiger partial charge < -0.3 is 14.8 Å². The van der Waals surface area contributed by atoms with Gasteiger partial charge in [-0.05, 0) is 48.6 Å². The largest absolute Gasteiger partial charge is 0.496 e. The van der Waals surface area contributed by atoms with Crippen molar-refractivity contribution in [2.75, 3.05) is 19.5 Å². The lowest BCUT2D eigenvalue weighted by molar-refractivity contribution is -0.115. The summed E-state index contributed by atoms with van der Waals surface area (Å²) in [6, 6.07) is 15.7. The third kappa shape index (κ3) is 6.03. The van der Waals surface area contributed by atoms with Gasteiger partial charge in [-0.15, -0.1) is 0 Å². The Morgan fingerprint density at radius 2 is 1.84 bits per heavy atom. The maximum atomic E-state index is 12.4. The van der Waals surface area contributed by atoms with E-state index in [1.165, 1.54) is 18.0 Å². The summed E-state index contributed by atoms with van der Waals surface area (Å²) < 4.78 is 10.9. The number of nitrogens with one attached hydrogen (secondary N) is 1. The molecule has 31 heavy (non-hydrogen) atoms. The van der Waals surface area contributed by atoms with Gasteiger partial charge in [-0.25, -0.2) is 4.98 Å². The van der Waals surface area contributed by atoms with Crippen molar-refractivity contribution in [1.29, 1.82) is 5.26 Å². The number of ether oxygens (including phenoxy) is 2. The average molecular weight is 416 g/mol. The highest BCUT2D eigenvalue weighted by molar-refractivity contribution is 5.93. The molecule has 0 saturated heterocycles. The Bertz CT molecular complexity index is 1070. The number of hydrogen-bond donors (Lipinski definition) is 1. The molecule has 0 aliphatic heterocycles. The van der Waals surface area contributed by atoms with Gasteiger partial charge in [-0.2, -0.15) is 5.26 Å². The number of nitriles is 1. The predicted octanol–water partition coefficient (Wildman–Crippen LogP) is 3.72. The van der Waals surface area contributed by atoms with Gasteiger partial charge in [-0.1, -0.05) is 24.3 Å². The minimum absolute atomic E-state index is 0.0581. The fourth-order valence-electron chi connectivity index (χ4n) is 3.25. The van der Waals surface area contributed by atoms with Gasteiger partial charge in [0, 0.05) is 0 Å². The normalized spacial score (nSPS) is 10.2. The van der Waals surface area contributed by atoms with E-state index >= 15 is 0 Å². The second-order valence-corrected chi connectivity index (χ2v) is 6.93. The summed E-state index contributed by atoms with van der Waals surface area (Å²) in [6.45, 7) is 0. The molecule has 1 N–H and O–H groups in total. The van der Waals surface area contributed by atoms with Crippen LogP contribution >= 0.6 is 0 Å². The van der Waals surface area contributed by atoms with Crippen LogP contribution in [0.4, 0.5) is 5.69 Å². The van der Waals surface area contributed by atoms with Gasteiger partial charge in [0.2, 0.25) is 5.91 Å². The molecule has 1 heterocycles. The van der Waals surface area contributed by atoms with E-state index in [9.17, 15) is 4.79 Å². The van der Waals surface area contributed by atoms with E-state index < -0.39 is 0 Å². The van der Waals surface area contributed by atoms with E-state index in [0.29, 0.717) is 17.1 Å². The number of aryl methyl sites for hydroxylation is 2. The first kappa shape index (κ1) is 21.8. The predicted molar refractivity (Wildman–Crippen MR) is 117 cm³/mol. The first-order valence-electron chi connectivity index (χ1n) is 9.92. The summed E-state index contributed by atoms with van der Waals surface area (Å²) in [5, 5.41) is 11.6. The van der Waals surface area contributed by atoms with E-state index in [1.807, 2.05) is 42.5 Å². The number of benzene rings is 2. The lowest BCUT2D eigenvalue weighted by atomic mass is 10.0. The Hall–Kier alpha value is -3.92. The van der Waals surface area contributed by atoms with Gasteiger partial charge in [0.15, 0.2) is 5.69 Å². The third-order valence-electron chi connectivity index (χ3n) is 4.81. The highest BCUT2D eigenvalue weighted by Gasteiger charge is 2.11. The molecule has 0 fully saturated rings. The molecule has 0 unspecified atom stereocenters. The minimum atomic E-state index is -0.235. The Kier molecular flexibility index (Phi) is 7.55. The molecule has 0 saturated carbocycles. The van der Waals surface area contributed by atoms with Crippen LogP contribution in [0.25, 0.3) is 0 Å². The molecule has 0 spiro atoms. The fourth-order valence-corrected chi connectivity index (χ4v) is 3.25. The van der Waals surface area contributed by atoms with Gasteiger partial charge >= 0.3 is 0 Å². The Labute approximate surface area is 181 Å². The number of amides is 1. The number of para-hydroxylation sites is 1. The molecule has 0 aliphatic rings. The summed E-state index contributed by atoms with van der Waals surface area (Å²) in [6.07, 6.45) is 5.60. The number of hydrogen-bond acceptors (Lipinski definition) is 6. The van der Waals surface area contributed by atoms with Crippen molar-refractivity contribution in [1.82, 2.24) is 9.97 Å². The topological polar surface area (TPSA) is 97.1 Å². The fraction of sp³-hybridized carbons (Fsp3) is 0.250. The molecule has 2 aromatic carbocycles. The zero-order chi connectivity index (χ0) is 22.1. The molecule has 3 aromatic rings. The molecular weight excluding hydrogens is 392 g/mol. The summed E-state index contributed by atoms with van der Waals surface area (Å²) in [5.74, 6) is 1.28. The van der Waals surface area contributed by atoms with Crippen LogP contribution in [0.2, 0.25) is 0 Å². The van der Waals surface area contributed by atoms with Crippen molar-refractivity contribution in [2.24, 2.45) is 0 Å². The smallest absolute Gasteiger partial charge is 0.230 e. The zero-order valence-corrected chi connectivity index (χ0v) is 17.6. The monoisotopic (exact) mass is 416 g/mol. The number of carbonyl (C=O) groups is 1. The van der Waals surface area contributed by atoms with Crippen LogP contribution in [-0.4, -0.2) is 30.1 Å². The molecule has 0 radical (unpaired) electrons. The molecule has 0 bridgehead atoms. The maximum absolute atomic E-state index is 12.4. The van der Waals surface area contributed by atoms with Crippen molar-refractivity contribution in [3.63, 3.8) is 0 Å². The van der Waals surface area contributed by atoms with Crippen molar-refractivity contribution >= 4 is 11.6 Å². The minimum Gasteiger partial charge on any atom is -0.496 e. The highest BCUT2D eigenvalue weighted by Crippen LogP contribution is 2.27. The van der Waals surface area contributed by atoms with Crippen molar-refractivity contribution in [3.05, 3.63) is 77.4 Å². The SMILES string of the molecule is COc1ccccc1CCCc1ccc(NC(=O)Cc2cnc(C#N)cn2)c(OC)c1. The number of carbonyl (C=O) groups excluding carboxylic acids is 1. The van der Waals surface area contributed by atoms with E-state index in [-0.39, 0.29) is 18.0 Å². The van der Waals surface area contributed by atoms with Crippen LogP contribution in [-0.2, 0) is 24.1 Å². The Morgan fingerprint density at radius 1 is 1.03 bits per heavy atom. The van der Waals surface area contributed by atoms with Crippen molar-refractivity contribution < 1.29 is 14.3 Å². The number of rotatable bonds is 9. The standard InChI is InChI=1S/C24H24N4O3/c1-30-22-9-4-3-7-18(22)8-5-6-17-10-11-21(23(12-17)31-2)28-24(29)13-19-15-27-20(14-25)16-26-19/h3-4,7,9-12,15-16H,5-6,8,13H2,1-2H3,(H,28,29). The molecule has 0 aliphatic carbocycles. The summed E-state index contributed by atoms with van der Waals surface area (Å²) in [4.78, 5) is 20.4. The van der Waals surface area contributed by atoms with Gasteiger partial charge in [0.05, 0.1) is 44.4 Å². The first-order chi connectivity index (χ1) is 15.1.